The zero-order valence-electron chi connectivity index (χ0n) is 16.9. The second kappa shape index (κ2) is 9.37. The molecular formula is C21H28N4O3S. The number of benzene rings is 1. The Morgan fingerprint density at radius 2 is 1.86 bits per heavy atom. The molecule has 156 valence electrons. The van der Waals surface area contributed by atoms with Gasteiger partial charge in [-0.15, -0.1) is 0 Å². The minimum Gasteiger partial charge on any atom is -0.371 e. The third-order valence-electron chi connectivity index (χ3n) is 5.27. The van der Waals surface area contributed by atoms with Crippen molar-refractivity contribution < 1.29 is 13.2 Å². The van der Waals surface area contributed by atoms with Crippen LogP contribution in [-0.4, -0.2) is 38.9 Å². The van der Waals surface area contributed by atoms with Gasteiger partial charge < -0.3 is 10.2 Å². The van der Waals surface area contributed by atoms with Gasteiger partial charge in [0.15, 0.2) is 0 Å². The molecule has 1 amide bonds. The van der Waals surface area contributed by atoms with Gasteiger partial charge in [0.1, 0.15) is 0 Å². The van der Waals surface area contributed by atoms with Crippen LogP contribution in [-0.2, 0) is 14.8 Å². The van der Waals surface area contributed by atoms with E-state index in [0.29, 0.717) is 30.1 Å². The molecule has 0 atom stereocenters. The number of piperidine rings is 1. The first kappa shape index (κ1) is 21.3. The SMILES string of the molecule is CCC(=O)Nc1ccc(S(=O)(=O)NCC2CCN(c3ccncc3)CC2)c(C)c1. The van der Waals surface area contributed by atoms with Crippen LogP contribution >= 0.6 is 0 Å². The first-order valence-corrected chi connectivity index (χ1v) is 11.4. The number of carbonyl (C=O) groups is 1. The van der Waals surface area contributed by atoms with Crippen molar-refractivity contribution in [2.75, 3.05) is 29.9 Å². The van der Waals surface area contributed by atoms with E-state index in [-0.39, 0.29) is 10.8 Å². The van der Waals surface area contributed by atoms with E-state index >= 15 is 0 Å². The van der Waals surface area contributed by atoms with Gasteiger partial charge in [-0.05, 0) is 61.6 Å². The Kier molecular flexibility index (Phi) is 6.87. The number of pyridine rings is 1. The Morgan fingerprint density at radius 3 is 2.48 bits per heavy atom. The number of aromatic nitrogens is 1. The lowest BCUT2D eigenvalue weighted by Crippen LogP contribution is -2.38. The summed E-state index contributed by atoms with van der Waals surface area (Å²) in [4.78, 5) is 18.1. The highest BCUT2D eigenvalue weighted by molar-refractivity contribution is 7.89. The molecule has 8 heteroatoms. The van der Waals surface area contributed by atoms with E-state index in [4.69, 9.17) is 0 Å². The molecule has 0 spiro atoms. The second-order valence-electron chi connectivity index (χ2n) is 7.37. The molecule has 3 rings (SSSR count). The number of hydrogen-bond acceptors (Lipinski definition) is 5. The first-order chi connectivity index (χ1) is 13.9. The molecule has 2 heterocycles. The summed E-state index contributed by atoms with van der Waals surface area (Å²) < 4.78 is 28.3. The molecule has 0 bridgehead atoms. The second-order valence-corrected chi connectivity index (χ2v) is 9.11. The van der Waals surface area contributed by atoms with Crippen molar-refractivity contribution in [1.29, 1.82) is 0 Å². The van der Waals surface area contributed by atoms with Gasteiger partial charge in [-0.1, -0.05) is 6.92 Å². The van der Waals surface area contributed by atoms with Crippen LogP contribution in [0, 0.1) is 12.8 Å². The Balaban J connectivity index is 1.56. The molecule has 0 saturated carbocycles. The molecule has 1 aliphatic rings. The predicted molar refractivity (Wildman–Crippen MR) is 114 cm³/mol. The number of nitrogens with zero attached hydrogens (tertiary/aromatic N) is 2. The minimum atomic E-state index is -3.59. The summed E-state index contributed by atoms with van der Waals surface area (Å²) in [7, 11) is -3.59. The van der Waals surface area contributed by atoms with Gasteiger partial charge in [0, 0.05) is 49.8 Å². The average molecular weight is 417 g/mol. The highest BCUT2D eigenvalue weighted by Gasteiger charge is 2.23. The molecule has 0 unspecified atom stereocenters. The van der Waals surface area contributed by atoms with Crippen LogP contribution < -0.4 is 14.9 Å². The number of aryl methyl sites for hydroxylation is 1. The molecular weight excluding hydrogens is 388 g/mol. The van der Waals surface area contributed by atoms with Gasteiger partial charge in [0.25, 0.3) is 0 Å². The number of amides is 1. The zero-order valence-corrected chi connectivity index (χ0v) is 17.7. The summed E-state index contributed by atoms with van der Waals surface area (Å²) in [6.45, 7) is 5.75. The molecule has 1 saturated heterocycles. The third-order valence-corrected chi connectivity index (χ3v) is 6.86. The number of rotatable bonds is 7. The van der Waals surface area contributed by atoms with Crippen LogP contribution in [0.2, 0.25) is 0 Å². The van der Waals surface area contributed by atoms with E-state index in [1.165, 1.54) is 0 Å². The van der Waals surface area contributed by atoms with Crippen LogP contribution in [0.1, 0.15) is 31.7 Å². The fraction of sp³-hybridized carbons (Fsp3) is 0.429. The molecule has 2 aromatic rings. The van der Waals surface area contributed by atoms with Crippen LogP contribution in [0.15, 0.2) is 47.6 Å². The normalized spacial score (nSPS) is 15.3. The van der Waals surface area contributed by atoms with Crippen molar-refractivity contribution in [2.24, 2.45) is 5.92 Å². The van der Waals surface area contributed by atoms with Crippen LogP contribution in [0.25, 0.3) is 0 Å². The molecule has 7 nitrogen and oxygen atoms in total. The molecule has 0 aliphatic carbocycles. The van der Waals surface area contributed by atoms with Gasteiger partial charge in [-0.3, -0.25) is 9.78 Å². The number of nitrogens with one attached hydrogen (secondary N) is 2. The number of carbonyl (C=O) groups excluding carboxylic acids is 1. The highest BCUT2D eigenvalue weighted by Crippen LogP contribution is 2.24. The van der Waals surface area contributed by atoms with Crippen LogP contribution in [0.3, 0.4) is 0 Å². The van der Waals surface area contributed by atoms with E-state index in [1.807, 2.05) is 12.1 Å². The van der Waals surface area contributed by atoms with E-state index in [9.17, 15) is 13.2 Å². The summed E-state index contributed by atoms with van der Waals surface area (Å²) >= 11 is 0. The van der Waals surface area contributed by atoms with Crippen molar-refractivity contribution in [3.8, 4) is 0 Å². The zero-order chi connectivity index (χ0) is 20.9. The summed E-state index contributed by atoms with van der Waals surface area (Å²) in [5.74, 6) is 0.211. The molecule has 1 fully saturated rings. The fourth-order valence-electron chi connectivity index (χ4n) is 3.53. The van der Waals surface area contributed by atoms with E-state index in [0.717, 1.165) is 31.6 Å². The van der Waals surface area contributed by atoms with E-state index in [1.54, 1.807) is 44.4 Å². The van der Waals surface area contributed by atoms with Gasteiger partial charge in [0.2, 0.25) is 15.9 Å². The number of sulfonamides is 1. The van der Waals surface area contributed by atoms with Gasteiger partial charge in [0.05, 0.1) is 4.90 Å². The Labute approximate surface area is 172 Å². The smallest absolute Gasteiger partial charge is 0.240 e. The lowest BCUT2D eigenvalue weighted by molar-refractivity contribution is -0.115. The Bertz CT molecular complexity index is 940. The average Bonchev–Trinajstić information content (AvgIpc) is 2.73. The van der Waals surface area contributed by atoms with Gasteiger partial charge in [-0.25, -0.2) is 13.1 Å². The lowest BCUT2D eigenvalue weighted by Gasteiger charge is -2.33. The quantitative estimate of drug-likeness (QED) is 0.724. The maximum absolute atomic E-state index is 12.8. The molecule has 1 aromatic heterocycles. The standard InChI is InChI=1S/C21H28N4O3S/c1-3-21(26)24-18-4-5-20(16(2)14-18)29(27,28)23-15-17-8-12-25(13-9-17)19-6-10-22-11-7-19/h4-7,10-11,14,17,23H,3,8-9,12-13,15H2,1-2H3,(H,24,26). The summed E-state index contributed by atoms with van der Waals surface area (Å²) in [6.07, 6.45) is 5.83. The molecule has 1 aromatic carbocycles. The Hall–Kier alpha value is -2.45. The van der Waals surface area contributed by atoms with Crippen molar-refractivity contribution >= 4 is 27.3 Å². The van der Waals surface area contributed by atoms with Gasteiger partial charge >= 0.3 is 0 Å². The first-order valence-electron chi connectivity index (χ1n) is 9.94. The molecule has 1 aliphatic heterocycles. The Morgan fingerprint density at radius 1 is 1.17 bits per heavy atom. The largest absolute Gasteiger partial charge is 0.371 e. The van der Waals surface area contributed by atoms with Gasteiger partial charge in [-0.2, -0.15) is 0 Å². The summed E-state index contributed by atoms with van der Waals surface area (Å²) in [5, 5.41) is 2.75. The molecule has 29 heavy (non-hydrogen) atoms. The number of anilines is 2. The van der Waals surface area contributed by atoms with Crippen LogP contribution in [0.5, 0.6) is 0 Å². The fourth-order valence-corrected chi connectivity index (χ4v) is 4.87. The van der Waals surface area contributed by atoms with Crippen molar-refractivity contribution in [1.82, 2.24) is 9.71 Å². The number of hydrogen-bond donors (Lipinski definition) is 2. The minimum absolute atomic E-state index is 0.101. The molecule has 0 radical (unpaired) electrons. The van der Waals surface area contributed by atoms with E-state index < -0.39 is 10.0 Å². The maximum atomic E-state index is 12.8. The summed E-state index contributed by atoms with van der Waals surface area (Å²) in [6, 6.07) is 8.86. The van der Waals surface area contributed by atoms with Crippen molar-refractivity contribution in [3.63, 3.8) is 0 Å². The monoisotopic (exact) mass is 416 g/mol. The summed E-state index contributed by atoms with van der Waals surface area (Å²) in [5.41, 5.74) is 2.38. The topological polar surface area (TPSA) is 91.4 Å². The predicted octanol–water partition coefficient (Wildman–Crippen LogP) is 2.93. The van der Waals surface area contributed by atoms with E-state index in [2.05, 4.69) is 19.9 Å². The maximum Gasteiger partial charge on any atom is 0.240 e. The van der Waals surface area contributed by atoms with Crippen molar-refractivity contribution in [2.45, 2.75) is 38.0 Å². The highest BCUT2D eigenvalue weighted by atomic mass is 32.2. The third kappa shape index (κ3) is 5.55. The van der Waals surface area contributed by atoms with Crippen LogP contribution in [0.4, 0.5) is 11.4 Å². The lowest BCUT2D eigenvalue weighted by atomic mass is 9.97. The molecule has 2 N–H and O–H groups in total. The van der Waals surface area contributed by atoms with Crippen molar-refractivity contribution in [3.05, 3.63) is 48.3 Å².